The molecule has 0 aliphatic carbocycles. The molecule has 4 heteroatoms. The van der Waals surface area contributed by atoms with Gasteiger partial charge in [-0.2, -0.15) is 0 Å². The van der Waals surface area contributed by atoms with E-state index in [0.717, 1.165) is 37.8 Å². The third-order valence-electron chi connectivity index (χ3n) is 3.20. The molecule has 0 radical (unpaired) electrons. The third kappa shape index (κ3) is 4.80. The standard InChI is InChI=1S/C15H24N2O2/c1-11(2)16-8-14-6-12(3)17-15(7-14)19-10-13-4-5-18-9-13/h6-7,11,13,16H,4-5,8-10H2,1-3H3. The van der Waals surface area contributed by atoms with Crippen molar-refractivity contribution in [2.45, 2.75) is 39.8 Å². The van der Waals surface area contributed by atoms with E-state index in [1.54, 1.807) is 0 Å². The van der Waals surface area contributed by atoms with Crippen LogP contribution in [0.5, 0.6) is 5.88 Å². The molecule has 1 saturated heterocycles. The van der Waals surface area contributed by atoms with Crippen LogP contribution in [0.25, 0.3) is 0 Å². The average molecular weight is 264 g/mol. The zero-order valence-electron chi connectivity index (χ0n) is 12.1. The highest BCUT2D eigenvalue weighted by atomic mass is 16.5. The molecule has 0 amide bonds. The van der Waals surface area contributed by atoms with Crippen molar-refractivity contribution in [2.24, 2.45) is 5.92 Å². The van der Waals surface area contributed by atoms with Crippen molar-refractivity contribution in [1.29, 1.82) is 0 Å². The molecule has 0 spiro atoms. The fourth-order valence-corrected chi connectivity index (χ4v) is 2.12. The van der Waals surface area contributed by atoms with Crippen LogP contribution < -0.4 is 10.1 Å². The maximum Gasteiger partial charge on any atom is 0.213 e. The van der Waals surface area contributed by atoms with Gasteiger partial charge >= 0.3 is 0 Å². The first-order chi connectivity index (χ1) is 9.13. The summed E-state index contributed by atoms with van der Waals surface area (Å²) in [6.07, 6.45) is 1.09. The van der Waals surface area contributed by atoms with Gasteiger partial charge in [-0.25, -0.2) is 4.98 Å². The van der Waals surface area contributed by atoms with Crippen LogP contribution in [-0.2, 0) is 11.3 Å². The molecule has 2 rings (SSSR count). The monoisotopic (exact) mass is 264 g/mol. The van der Waals surface area contributed by atoms with Gasteiger partial charge in [0.05, 0.1) is 13.2 Å². The van der Waals surface area contributed by atoms with E-state index in [1.165, 1.54) is 5.56 Å². The number of hydrogen-bond donors (Lipinski definition) is 1. The first-order valence-corrected chi connectivity index (χ1v) is 7.05. The molecular weight excluding hydrogens is 240 g/mol. The Balaban J connectivity index is 1.91. The number of pyridine rings is 1. The molecule has 1 N–H and O–H groups in total. The summed E-state index contributed by atoms with van der Waals surface area (Å²) in [4.78, 5) is 4.43. The summed E-state index contributed by atoms with van der Waals surface area (Å²) in [7, 11) is 0. The Labute approximate surface area is 115 Å². The Morgan fingerprint density at radius 3 is 3.00 bits per heavy atom. The van der Waals surface area contributed by atoms with Crippen molar-refractivity contribution < 1.29 is 9.47 Å². The Hall–Kier alpha value is -1.13. The quantitative estimate of drug-likeness (QED) is 0.856. The number of ether oxygens (including phenoxy) is 2. The molecule has 1 aliphatic rings. The number of nitrogens with one attached hydrogen (secondary N) is 1. The summed E-state index contributed by atoms with van der Waals surface area (Å²) < 4.78 is 11.1. The predicted molar refractivity (Wildman–Crippen MR) is 75.4 cm³/mol. The Bertz CT molecular complexity index is 401. The number of aryl methyl sites for hydroxylation is 1. The predicted octanol–water partition coefficient (Wildman–Crippen LogP) is 2.30. The summed E-state index contributed by atoms with van der Waals surface area (Å²) in [5.41, 5.74) is 2.22. The van der Waals surface area contributed by atoms with Crippen LogP contribution in [0.3, 0.4) is 0 Å². The highest BCUT2D eigenvalue weighted by Crippen LogP contribution is 2.17. The van der Waals surface area contributed by atoms with E-state index in [4.69, 9.17) is 9.47 Å². The van der Waals surface area contributed by atoms with E-state index in [-0.39, 0.29) is 0 Å². The van der Waals surface area contributed by atoms with Gasteiger partial charge in [-0.15, -0.1) is 0 Å². The summed E-state index contributed by atoms with van der Waals surface area (Å²) in [6, 6.07) is 4.60. The summed E-state index contributed by atoms with van der Waals surface area (Å²) >= 11 is 0. The first-order valence-electron chi connectivity index (χ1n) is 7.05. The van der Waals surface area contributed by atoms with Crippen LogP contribution in [0.4, 0.5) is 0 Å². The smallest absolute Gasteiger partial charge is 0.213 e. The van der Waals surface area contributed by atoms with E-state index in [2.05, 4.69) is 30.2 Å². The minimum Gasteiger partial charge on any atom is -0.477 e. The molecule has 1 unspecified atom stereocenters. The third-order valence-corrected chi connectivity index (χ3v) is 3.20. The number of rotatable bonds is 6. The van der Waals surface area contributed by atoms with Gasteiger partial charge in [0.15, 0.2) is 0 Å². The molecule has 1 aromatic rings. The van der Waals surface area contributed by atoms with E-state index in [9.17, 15) is 0 Å². The molecule has 4 nitrogen and oxygen atoms in total. The summed E-state index contributed by atoms with van der Waals surface area (Å²) in [5.74, 6) is 1.24. The molecule has 19 heavy (non-hydrogen) atoms. The van der Waals surface area contributed by atoms with E-state index in [0.29, 0.717) is 18.6 Å². The normalized spacial score (nSPS) is 19.1. The average Bonchev–Trinajstić information content (AvgIpc) is 2.86. The van der Waals surface area contributed by atoms with E-state index < -0.39 is 0 Å². The van der Waals surface area contributed by atoms with Gasteiger partial charge in [-0.3, -0.25) is 0 Å². The molecule has 1 atom stereocenters. The number of aromatic nitrogens is 1. The second kappa shape index (κ2) is 6.87. The maximum absolute atomic E-state index is 5.80. The zero-order valence-corrected chi connectivity index (χ0v) is 12.1. The molecule has 2 heterocycles. The van der Waals surface area contributed by atoms with Gasteiger partial charge in [0.1, 0.15) is 0 Å². The minimum atomic E-state index is 0.480. The van der Waals surface area contributed by atoms with E-state index >= 15 is 0 Å². The summed E-state index contributed by atoms with van der Waals surface area (Å²) in [5, 5.41) is 3.41. The van der Waals surface area contributed by atoms with Gasteiger partial charge in [-0.05, 0) is 25.0 Å². The van der Waals surface area contributed by atoms with Crippen molar-refractivity contribution >= 4 is 0 Å². The molecule has 0 bridgehead atoms. The van der Waals surface area contributed by atoms with Crippen LogP contribution in [0.2, 0.25) is 0 Å². The molecular formula is C15H24N2O2. The van der Waals surface area contributed by atoms with Gasteiger partial charge in [-0.1, -0.05) is 13.8 Å². The first kappa shape index (κ1) is 14.3. The van der Waals surface area contributed by atoms with Crippen LogP contribution in [0, 0.1) is 12.8 Å². The van der Waals surface area contributed by atoms with Gasteiger partial charge in [0.25, 0.3) is 0 Å². The summed E-state index contributed by atoms with van der Waals surface area (Å²) in [6.45, 7) is 9.52. The molecule has 1 fully saturated rings. The number of nitrogens with zero attached hydrogens (tertiary/aromatic N) is 1. The fourth-order valence-electron chi connectivity index (χ4n) is 2.12. The van der Waals surface area contributed by atoms with Crippen LogP contribution in [0.15, 0.2) is 12.1 Å². The Morgan fingerprint density at radius 1 is 1.47 bits per heavy atom. The lowest BCUT2D eigenvalue weighted by molar-refractivity contribution is 0.165. The maximum atomic E-state index is 5.80. The zero-order chi connectivity index (χ0) is 13.7. The highest BCUT2D eigenvalue weighted by Gasteiger charge is 2.16. The van der Waals surface area contributed by atoms with Crippen LogP contribution >= 0.6 is 0 Å². The molecule has 1 aromatic heterocycles. The van der Waals surface area contributed by atoms with Gasteiger partial charge in [0, 0.05) is 36.9 Å². The molecule has 106 valence electrons. The van der Waals surface area contributed by atoms with Crippen molar-refractivity contribution in [3.8, 4) is 5.88 Å². The topological polar surface area (TPSA) is 43.4 Å². The lowest BCUT2D eigenvalue weighted by Gasteiger charge is -2.13. The van der Waals surface area contributed by atoms with Crippen molar-refractivity contribution in [2.75, 3.05) is 19.8 Å². The lowest BCUT2D eigenvalue weighted by atomic mass is 10.1. The fraction of sp³-hybridized carbons (Fsp3) is 0.667. The van der Waals surface area contributed by atoms with Gasteiger partial charge in [0.2, 0.25) is 5.88 Å². The van der Waals surface area contributed by atoms with Crippen LogP contribution in [-0.4, -0.2) is 30.8 Å². The minimum absolute atomic E-state index is 0.480. The SMILES string of the molecule is Cc1cc(CNC(C)C)cc(OCC2CCOC2)n1. The van der Waals surface area contributed by atoms with E-state index in [1.807, 2.05) is 13.0 Å². The Kier molecular flexibility index (Phi) is 5.16. The highest BCUT2D eigenvalue weighted by molar-refractivity contribution is 5.24. The van der Waals surface area contributed by atoms with Crippen molar-refractivity contribution in [3.63, 3.8) is 0 Å². The Morgan fingerprint density at radius 2 is 2.32 bits per heavy atom. The van der Waals surface area contributed by atoms with Crippen molar-refractivity contribution in [1.82, 2.24) is 10.3 Å². The van der Waals surface area contributed by atoms with Crippen LogP contribution in [0.1, 0.15) is 31.5 Å². The molecule has 0 saturated carbocycles. The second-order valence-electron chi connectivity index (χ2n) is 5.53. The van der Waals surface area contributed by atoms with Crippen molar-refractivity contribution in [3.05, 3.63) is 23.4 Å². The van der Waals surface area contributed by atoms with Gasteiger partial charge < -0.3 is 14.8 Å². The molecule has 0 aromatic carbocycles. The largest absolute Gasteiger partial charge is 0.477 e. The second-order valence-corrected chi connectivity index (χ2v) is 5.53. The molecule has 1 aliphatic heterocycles. The lowest BCUT2D eigenvalue weighted by Crippen LogP contribution is -2.22. The number of hydrogen-bond acceptors (Lipinski definition) is 4.